The summed E-state index contributed by atoms with van der Waals surface area (Å²) in [6, 6.07) is 23.7. The Kier molecular flexibility index (Phi) is 6.47. The van der Waals surface area contributed by atoms with Crippen LogP contribution in [0.2, 0.25) is 10.0 Å². The molecule has 1 fully saturated rings. The largest absolute Gasteiger partial charge is 0.374 e. The monoisotopic (exact) mass is 507 g/mol. The van der Waals surface area contributed by atoms with Gasteiger partial charge < -0.3 is 14.9 Å². The zero-order valence-corrected chi connectivity index (χ0v) is 20.3. The van der Waals surface area contributed by atoms with Crippen molar-refractivity contribution in [2.45, 2.75) is 5.60 Å². The molecule has 1 N–H and O–H groups in total. The normalized spacial score (nSPS) is 14.3. The third-order valence-corrected chi connectivity index (χ3v) is 6.97. The standard InChI is InChI=1S/C26H23Cl2N5O2/c27-22-12-11-21(17-23(22)28)31-13-15-32(16-14-31)25(34)33-29-18-24(30-33)26(35,19-7-3-1-4-8-19)20-9-5-2-6-10-20/h1-12,17-18,35H,13-16H2. The van der Waals surface area contributed by atoms with Crippen LogP contribution in [0.25, 0.3) is 0 Å². The van der Waals surface area contributed by atoms with Gasteiger partial charge in [0.05, 0.1) is 16.2 Å². The van der Waals surface area contributed by atoms with E-state index < -0.39 is 5.60 Å². The number of hydrogen-bond acceptors (Lipinski definition) is 5. The topological polar surface area (TPSA) is 74.5 Å². The minimum absolute atomic E-state index is 0.276. The highest BCUT2D eigenvalue weighted by Crippen LogP contribution is 2.35. The van der Waals surface area contributed by atoms with E-state index in [4.69, 9.17) is 23.2 Å². The summed E-state index contributed by atoms with van der Waals surface area (Å²) in [4.78, 5) is 18.1. The molecule has 1 aromatic heterocycles. The lowest BCUT2D eigenvalue weighted by atomic mass is 9.84. The number of carbonyl (C=O) groups excluding carboxylic acids is 1. The molecule has 0 atom stereocenters. The van der Waals surface area contributed by atoms with Gasteiger partial charge in [-0.2, -0.15) is 5.10 Å². The molecule has 9 heteroatoms. The molecule has 0 radical (unpaired) electrons. The fourth-order valence-electron chi connectivity index (χ4n) is 4.31. The van der Waals surface area contributed by atoms with Crippen molar-refractivity contribution < 1.29 is 9.90 Å². The van der Waals surface area contributed by atoms with Crippen molar-refractivity contribution in [2.75, 3.05) is 31.1 Å². The van der Waals surface area contributed by atoms with Crippen molar-refractivity contribution in [3.05, 3.63) is 112 Å². The van der Waals surface area contributed by atoms with Crippen LogP contribution in [-0.4, -0.2) is 57.2 Å². The molecule has 2 heterocycles. The number of amides is 1. The van der Waals surface area contributed by atoms with Crippen LogP contribution in [0.1, 0.15) is 16.8 Å². The van der Waals surface area contributed by atoms with Gasteiger partial charge in [-0.15, -0.1) is 5.10 Å². The quantitative estimate of drug-likeness (QED) is 0.434. The Morgan fingerprint density at radius 1 is 0.829 bits per heavy atom. The zero-order valence-electron chi connectivity index (χ0n) is 18.8. The van der Waals surface area contributed by atoms with Gasteiger partial charge in [0.2, 0.25) is 0 Å². The van der Waals surface area contributed by atoms with E-state index in [2.05, 4.69) is 15.1 Å². The van der Waals surface area contributed by atoms with E-state index in [-0.39, 0.29) is 11.7 Å². The van der Waals surface area contributed by atoms with Crippen LogP contribution in [-0.2, 0) is 5.60 Å². The molecule has 178 valence electrons. The van der Waals surface area contributed by atoms with Gasteiger partial charge in [-0.3, -0.25) is 0 Å². The molecule has 0 aliphatic carbocycles. The van der Waals surface area contributed by atoms with E-state index in [0.717, 1.165) is 10.5 Å². The number of carbonyl (C=O) groups is 1. The van der Waals surface area contributed by atoms with Gasteiger partial charge in [0.25, 0.3) is 0 Å². The summed E-state index contributed by atoms with van der Waals surface area (Å²) < 4.78 is 0. The molecule has 35 heavy (non-hydrogen) atoms. The number of rotatable bonds is 4. The Labute approximate surface area is 213 Å². The van der Waals surface area contributed by atoms with Crippen molar-refractivity contribution in [1.82, 2.24) is 19.9 Å². The molecule has 0 unspecified atom stereocenters. The smallest absolute Gasteiger partial charge is 0.362 e. The third kappa shape index (κ3) is 4.50. The fraction of sp³-hybridized carbons (Fsp3) is 0.192. The Balaban J connectivity index is 1.36. The first-order valence-corrected chi connectivity index (χ1v) is 12.0. The molecule has 0 saturated carbocycles. The second-order valence-corrected chi connectivity index (χ2v) is 9.13. The van der Waals surface area contributed by atoms with E-state index in [1.54, 1.807) is 11.0 Å². The Morgan fingerprint density at radius 2 is 1.43 bits per heavy atom. The highest BCUT2D eigenvalue weighted by Gasteiger charge is 2.37. The highest BCUT2D eigenvalue weighted by molar-refractivity contribution is 6.42. The van der Waals surface area contributed by atoms with E-state index in [1.807, 2.05) is 72.8 Å². The summed E-state index contributed by atoms with van der Waals surface area (Å²) in [5, 5.41) is 21.5. The average Bonchev–Trinajstić information content (AvgIpc) is 3.41. The van der Waals surface area contributed by atoms with Crippen molar-refractivity contribution in [3.63, 3.8) is 0 Å². The SMILES string of the molecule is O=C(N1CCN(c2ccc(Cl)c(Cl)c2)CC1)n1ncc(C(O)(c2ccccc2)c2ccccc2)n1. The molecule has 4 aromatic rings. The van der Waals surface area contributed by atoms with Gasteiger partial charge in [-0.1, -0.05) is 88.7 Å². The molecule has 1 amide bonds. The average molecular weight is 508 g/mol. The first-order valence-electron chi connectivity index (χ1n) is 11.2. The van der Waals surface area contributed by atoms with E-state index in [9.17, 15) is 9.90 Å². The number of aromatic nitrogens is 3. The summed E-state index contributed by atoms with van der Waals surface area (Å²) >= 11 is 12.2. The minimum atomic E-state index is -1.55. The second-order valence-electron chi connectivity index (χ2n) is 8.32. The Hall–Kier alpha value is -3.39. The zero-order chi connectivity index (χ0) is 24.4. The molecule has 0 spiro atoms. The van der Waals surface area contributed by atoms with Gasteiger partial charge in [0.1, 0.15) is 5.69 Å². The lowest BCUT2D eigenvalue weighted by molar-refractivity contribution is 0.120. The number of hydrogen-bond donors (Lipinski definition) is 1. The van der Waals surface area contributed by atoms with Gasteiger partial charge in [-0.25, -0.2) is 4.79 Å². The van der Waals surface area contributed by atoms with Crippen LogP contribution < -0.4 is 4.90 Å². The molecular weight excluding hydrogens is 485 g/mol. The van der Waals surface area contributed by atoms with Crippen molar-refractivity contribution in [3.8, 4) is 0 Å². The van der Waals surface area contributed by atoms with Crippen molar-refractivity contribution in [1.29, 1.82) is 0 Å². The Bertz CT molecular complexity index is 1280. The molecule has 5 rings (SSSR count). The summed E-state index contributed by atoms with van der Waals surface area (Å²) in [6.45, 7) is 2.26. The molecule has 1 aliphatic heterocycles. The van der Waals surface area contributed by atoms with Crippen LogP contribution in [0.4, 0.5) is 10.5 Å². The number of piperazine rings is 1. The van der Waals surface area contributed by atoms with Gasteiger partial charge >= 0.3 is 6.03 Å². The molecule has 3 aromatic carbocycles. The summed E-state index contributed by atoms with van der Waals surface area (Å²) in [7, 11) is 0. The minimum Gasteiger partial charge on any atom is -0.374 e. The first-order chi connectivity index (χ1) is 17.0. The predicted molar refractivity (Wildman–Crippen MR) is 136 cm³/mol. The van der Waals surface area contributed by atoms with Crippen LogP contribution in [0.3, 0.4) is 0 Å². The molecule has 7 nitrogen and oxygen atoms in total. The summed E-state index contributed by atoms with van der Waals surface area (Å²) in [5.41, 5.74) is 0.967. The van der Waals surface area contributed by atoms with Crippen molar-refractivity contribution in [2.24, 2.45) is 0 Å². The molecule has 1 aliphatic rings. The second kappa shape index (κ2) is 9.70. The number of anilines is 1. The predicted octanol–water partition coefficient (Wildman–Crippen LogP) is 4.66. The number of halogens is 2. The lowest BCUT2D eigenvalue weighted by Gasteiger charge is -2.35. The molecule has 1 saturated heterocycles. The van der Waals surface area contributed by atoms with E-state index >= 15 is 0 Å². The van der Waals surface area contributed by atoms with Crippen LogP contribution in [0.15, 0.2) is 85.1 Å². The van der Waals surface area contributed by atoms with Crippen molar-refractivity contribution >= 4 is 34.9 Å². The fourth-order valence-corrected chi connectivity index (χ4v) is 4.60. The lowest BCUT2D eigenvalue weighted by Crippen LogP contribution is -2.50. The summed E-state index contributed by atoms with van der Waals surface area (Å²) in [5.74, 6) is 0. The Morgan fingerprint density at radius 3 is 2.00 bits per heavy atom. The van der Waals surface area contributed by atoms with Crippen LogP contribution in [0, 0.1) is 0 Å². The maximum atomic E-state index is 13.2. The van der Waals surface area contributed by atoms with E-state index in [0.29, 0.717) is 47.4 Å². The van der Waals surface area contributed by atoms with Crippen LogP contribution >= 0.6 is 23.2 Å². The van der Waals surface area contributed by atoms with E-state index in [1.165, 1.54) is 6.20 Å². The maximum Gasteiger partial charge on any atom is 0.362 e. The summed E-state index contributed by atoms with van der Waals surface area (Å²) in [6.07, 6.45) is 1.45. The molecule has 0 bridgehead atoms. The first kappa shape index (κ1) is 23.4. The number of nitrogens with zero attached hydrogens (tertiary/aromatic N) is 5. The van der Waals surface area contributed by atoms with Crippen LogP contribution in [0.5, 0.6) is 0 Å². The van der Waals surface area contributed by atoms with Gasteiger partial charge in [0, 0.05) is 31.9 Å². The number of benzene rings is 3. The molecular formula is C26H23Cl2N5O2. The number of aliphatic hydroxyl groups is 1. The van der Waals surface area contributed by atoms with Gasteiger partial charge in [-0.05, 0) is 29.3 Å². The highest BCUT2D eigenvalue weighted by atomic mass is 35.5. The van der Waals surface area contributed by atoms with Gasteiger partial charge in [0.15, 0.2) is 5.60 Å². The third-order valence-electron chi connectivity index (χ3n) is 6.24. The maximum absolute atomic E-state index is 13.2.